The zero-order chi connectivity index (χ0) is 21.0. The fraction of sp³-hybridized carbons (Fsp3) is 0.190. The number of halogens is 2. The number of benzene rings is 2. The van der Waals surface area contributed by atoms with E-state index in [1.807, 2.05) is 25.1 Å². The van der Waals surface area contributed by atoms with Gasteiger partial charge in [-0.2, -0.15) is 0 Å². The Balaban J connectivity index is 1.86. The van der Waals surface area contributed by atoms with Crippen LogP contribution in [0.1, 0.15) is 30.9 Å². The van der Waals surface area contributed by atoms with Gasteiger partial charge in [-0.25, -0.2) is 9.79 Å². The Kier molecular flexibility index (Phi) is 7.07. The number of aliphatic imine (C=N–C) groups is 1. The molecule has 150 valence electrons. The summed E-state index contributed by atoms with van der Waals surface area (Å²) in [6.45, 7) is 1.90. The number of rotatable bonds is 6. The van der Waals surface area contributed by atoms with Gasteiger partial charge in [0.05, 0.1) is 7.11 Å². The molecule has 0 saturated carbocycles. The van der Waals surface area contributed by atoms with Gasteiger partial charge in [-0.05, 0) is 86.9 Å². The van der Waals surface area contributed by atoms with Crippen molar-refractivity contribution in [3.63, 3.8) is 0 Å². The van der Waals surface area contributed by atoms with Crippen molar-refractivity contribution < 1.29 is 23.8 Å². The topological polar surface area (TPSA) is 74.2 Å². The smallest absolute Gasteiger partial charge is 0.363 e. The third kappa shape index (κ3) is 5.24. The molecule has 3 rings (SSSR count). The Morgan fingerprint density at radius 1 is 1.24 bits per heavy atom. The minimum atomic E-state index is -0.535. The molecule has 1 aliphatic rings. The van der Waals surface area contributed by atoms with E-state index < -0.39 is 5.97 Å². The highest BCUT2D eigenvalue weighted by molar-refractivity contribution is 14.1. The van der Waals surface area contributed by atoms with E-state index >= 15 is 0 Å². The lowest BCUT2D eigenvalue weighted by Crippen LogP contribution is -2.07. The van der Waals surface area contributed by atoms with Gasteiger partial charge < -0.3 is 14.2 Å². The quantitative estimate of drug-likeness (QED) is 0.209. The van der Waals surface area contributed by atoms with Gasteiger partial charge in [0, 0.05) is 20.0 Å². The second-order valence-corrected chi connectivity index (χ2v) is 8.12. The highest BCUT2D eigenvalue weighted by Crippen LogP contribution is 2.30. The number of methoxy groups -OCH3 is 1. The first kappa shape index (κ1) is 21.5. The molecule has 0 saturated heterocycles. The number of carbonyl (C=O) groups is 2. The van der Waals surface area contributed by atoms with Gasteiger partial charge in [-0.3, -0.25) is 4.79 Å². The number of carbonyl (C=O) groups excluding carboxylic acids is 2. The van der Waals surface area contributed by atoms with Crippen LogP contribution in [0, 0.1) is 3.57 Å². The second kappa shape index (κ2) is 9.53. The third-order valence-electron chi connectivity index (χ3n) is 3.96. The standard InChI is InChI=1S/C21H17BrINO5/c1-3-4-19(25)28-17-8-5-12(10-18(17)27-2)9-16-21(26)29-20(24-16)13-6-7-15(23)14(22)11-13/h5-11H,3-4H2,1-2H3/b16-9-. The van der Waals surface area contributed by atoms with Gasteiger partial charge in [0.1, 0.15) is 0 Å². The number of nitrogens with zero attached hydrogens (tertiary/aromatic N) is 1. The summed E-state index contributed by atoms with van der Waals surface area (Å²) in [5.41, 5.74) is 1.54. The monoisotopic (exact) mass is 569 g/mol. The lowest BCUT2D eigenvalue weighted by Gasteiger charge is -2.09. The van der Waals surface area contributed by atoms with Crippen molar-refractivity contribution in [3.8, 4) is 11.5 Å². The molecular weight excluding hydrogens is 553 g/mol. The van der Waals surface area contributed by atoms with Crippen molar-refractivity contribution >= 4 is 62.4 Å². The van der Waals surface area contributed by atoms with E-state index in [-0.39, 0.29) is 17.6 Å². The average molecular weight is 570 g/mol. The zero-order valence-electron chi connectivity index (χ0n) is 15.7. The van der Waals surface area contributed by atoms with Crippen LogP contribution in [0.4, 0.5) is 0 Å². The molecule has 2 aromatic carbocycles. The molecule has 0 aliphatic carbocycles. The molecule has 0 unspecified atom stereocenters. The summed E-state index contributed by atoms with van der Waals surface area (Å²) in [6.07, 6.45) is 2.62. The van der Waals surface area contributed by atoms with Gasteiger partial charge in [0.2, 0.25) is 5.90 Å². The van der Waals surface area contributed by atoms with E-state index in [9.17, 15) is 9.59 Å². The summed E-state index contributed by atoms with van der Waals surface area (Å²) in [7, 11) is 1.48. The van der Waals surface area contributed by atoms with Crippen LogP contribution in [0.2, 0.25) is 0 Å². The predicted octanol–water partition coefficient (Wildman–Crippen LogP) is 5.11. The van der Waals surface area contributed by atoms with Crippen LogP contribution in [-0.4, -0.2) is 24.9 Å². The van der Waals surface area contributed by atoms with Crippen LogP contribution >= 0.6 is 38.5 Å². The van der Waals surface area contributed by atoms with E-state index in [0.717, 1.165) is 8.04 Å². The van der Waals surface area contributed by atoms with E-state index in [0.29, 0.717) is 35.5 Å². The highest BCUT2D eigenvalue weighted by Gasteiger charge is 2.24. The fourth-order valence-electron chi connectivity index (χ4n) is 2.56. The minimum Gasteiger partial charge on any atom is -0.493 e. The zero-order valence-corrected chi connectivity index (χ0v) is 19.4. The van der Waals surface area contributed by atoms with E-state index in [1.165, 1.54) is 7.11 Å². The van der Waals surface area contributed by atoms with Crippen LogP contribution in [0.15, 0.2) is 51.6 Å². The largest absolute Gasteiger partial charge is 0.493 e. The van der Waals surface area contributed by atoms with E-state index in [2.05, 4.69) is 43.5 Å². The average Bonchev–Trinajstić information content (AvgIpc) is 3.05. The van der Waals surface area contributed by atoms with Crippen molar-refractivity contribution in [2.24, 2.45) is 4.99 Å². The molecule has 0 amide bonds. The maximum Gasteiger partial charge on any atom is 0.363 e. The van der Waals surface area contributed by atoms with E-state index in [1.54, 1.807) is 24.3 Å². The van der Waals surface area contributed by atoms with E-state index in [4.69, 9.17) is 14.2 Å². The first-order chi connectivity index (χ1) is 13.9. The van der Waals surface area contributed by atoms with Gasteiger partial charge >= 0.3 is 11.9 Å². The molecule has 0 N–H and O–H groups in total. The molecule has 0 atom stereocenters. The Hall–Kier alpha value is -2.20. The van der Waals surface area contributed by atoms with Gasteiger partial charge in [-0.15, -0.1) is 0 Å². The van der Waals surface area contributed by atoms with Crippen molar-refractivity contribution in [3.05, 3.63) is 61.3 Å². The summed E-state index contributed by atoms with van der Waals surface area (Å²) in [5.74, 6) is 0.104. The summed E-state index contributed by atoms with van der Waals surface area (Å²) < 4.78 is 17.9. The Morgan fingerprint density at radius 3 is 2.72 bits per heavy atom. The van der Waals surface area contributed by atoms with Crippen LogP contribution in [-0.2, 0) is 14.3 Å². The first-order valence-corrected chi connectivity index (χ1v) is 10.6. The maximum atomic E-state index is 12.2. The highest BCUT2D eigenvalue weighted by atomic mass is 127. The molecular formula is C21H17BrINO5. The van der Waals surface area contributed by atoms with Crippen molar-refractivity contribution in [1.82, 2.24) is 0 Å². The first-order valence-electron chi connectivity index (χ1n) is 8.78. The Morgan fingerprint density at radius 2 is 2.03 bits per heavy atom. The predicted molar refractivity (Wildman–Crippen MR) is 121 cm³/mol. The van der Waals surface area contributed by atoms with Crippen molar-refractivity contribution in [2.45, 2.75) is 19.8 Å². The van der Waals surface area contributed by atoms with Crippen LogP contribution in [0.5, 0.6) is 11.5 Å². The van der Waals surface area contributed by atoms with Crippen molar-refractivity contribution in [2.75, 3.05) is 7.11 Å². The summed E-state index contributed by atoms with van der Waals surface area (Å²) in [4.78, 5) is 28.3. The Labute approximate surface area is 190 Å². The maximum absolute atomic E-state index is 12.2. The molecule has 29 heavy (non-hydrogen) atoms. The summed E-state index contributed by atoms with van der Waals surface area (Å²) >= 11 is 5.66. The molecule has 0 aromatic heterocycles. The normalized spacial score (nSPS) is 14.6. The lowest BCUT2D eigenvalue weighted by atomic mass is 10.1. The number of esters is 2. The number of cyclic esters (lactones) is 1. The van der Waals surface area contributed by atoms with Gasteiger partial charge in [-0.1, -0.05) is 13.0 Å². The molecule has 1 aliphatic heterocycles. The van der Waals surface area contributed by atoms with Crippen LogP contribution in [0.25, 0.3) is 6.08 Å². The SMILES string of the molecule is CCCC(=O)Oc1ccc(/C=C2\N=C(c3ccc(I)c(Br)c3)OC2=O)cc1OC. The summed E-state index contributed by atoms with van der Waals surface area (Å²) in [6, 6.07) is 10.6. The third-order valence-corrected chi connectivity index (χ3v) is 6.29. The van der Waals surface area contributed by atoms with Crippen LogP contribution < -0.4 is 9.47 Å². The lowest BCUT2D eigenvalue weighted by molar-refractivity contribution is -0.134. The molecule has 6 nitrogen and oxygen atoms in total. The molecule has 0 bridgehead atoms. The summed E-state index contributed by atoms with van der Waals surface area (Å²) in [5, 5.41) is 0. The van der Waals surface area contributed by atoms with Crippen molar-refractivity contribution in [1.29, 1.82) is 0 Å². The number of hydrogen-bond acceptors (Lipinski definition) is 6. The van der Waals surface area contributed by atoms with Gasteiger partial charge in [0.15, 0.2) is 17.2 Å². The second-order valence-electron chi connectivity index (χ2n) is 6.10. The minimum absolute atomic E-state index is 0.174. The molecule has 0 radical (unpaired) electrons. The number of hydrogen-bond donors (Lipinski definition) is 0. The Bertz CT molecular complexity index is 1030. The number of ether oxygens (including phenoxy) is 3. The molecule has 0 fully saturated rings. The fourth-order valence-corrected chi connectivity index (χ4v) is 3.27. The molecule has 1 heterocycles. The molecule has 8 heteroatoms. The molecule has 2 aromatic rings. The van der Waals surface area contributed by atoms with Crippen LogP contribution in [0.3, 0.4) is 0 Å². The molecule has 0 spiro atoms. The van der Waals surface area contributed by atoms with Gasteiger partial charge in [0.25, 0.3) is 0 Å².